The molecule has 2 aromatic rings. The van der Waals surface area contributed by atoms with Crippen LogP contribution in [-0.4, -0.2) is 75.1 Å². The van der Waals surface area contributed by atoms with Crippen molar-refractivity contribution in [3.63, 3.8) is 0 Å². The minimum atomic E-state index is -0.887. The van der Waals surface area contributed by atoms with Crippen LogP contribution < -0.4 is 4.90 Å². The van der Waals surface area contributed by atoms with Gasteiger partial charge >= 0.3 is 5.97 Å². The number of phenolic OH excluding ortho intramolecular Hbond substituents is 1. The molecule has 0 unspecified atom stereocenters. The normalized spacial score (nSPS) is 21.7. The van der Waals surface area contributed by atoms with E-state index in [-0.39, 0.29) is 18.1 Å². The lowest BCUT2D eigenvalue weighted by Crippen LogP contribution is -2.57. The number of aliphatic carboxylic acids is 1. The number of hydrogen-bond acceptors (Lipinski definition) is 6. The Bertz CT molecular complexity index is 1120. The molecule has 0 radical (unpaired) electrons. The zero-order valence-electron chi connectivity index (χ0n) is 22.0. The summed E-state index contributed by atoms with van der Waals surface area (Å²) in [5.74, 6) is -0.0364. The summed E-state index contributed by atoms with van der Waals surface area (Å²) >= 11 is 0. The van der Waals surface area contributed by atoms with Crippen molar-refractivity contribution in [1.29, 1.82) is 0 Å². The third-order valence-electron chi connectivity index (χ3n) is 8.72. The number of benzene rings is 2. The van der Waals surface area contributed by atoms with Gasteiger partial charge in [0.15, 0.2) is 6.35 Å². The number of aromatic hydroxyl groups is 1. The molecule has 2 aromatic carbocycles. The Morgan fingerprint density at radius 3 is 2.39 bits per heavy atom. The van der Waals surface area contributed by atoms with Gasteiger partial charge in [0.1, 0.15) is 11.3 Å². The van der Waals surface area contributed by atoms with E-state index in [1.54, 1.807) is 17.0 Å². The van der Waals surface area contributed by atoms with Crippen molar-refractivity contribution in [2.24, 2.45) is 5.92 Å². The molecular weight excluding hydrogens is 482 g/mol. The number of rotatable bonds is 10. The standard InChI is InChI=1S/C30H39N3O5/c34-26-12-10-22(11-13-26)5-1-2-16-33-29(38)32(21-23-6-3-7-23)28(37)30(33)14-17-31(18-15-30)25-9-4-8-24(19-25)20-27(35)36/h4,8-13,19,23,29,34,38H,1-3,5-7,14-18,20-21H2,(H,35,36)/t29-/m1/s1. The third-order valence-corrected chi connectivity index (χ3v) is 8.72. The molecule has 2 saturated heterocycles. The number of nitrogens with zero attached hydrogens (tertiary/aromatic N) is 3. The molecule has 1 aliphatic carbocycles. The second kappa shape index (κ2) is 11.3. The van der Waals surface area contributed by atoms with Gasteiger partial charge in [-0.2, -0.15) is 0 Å². The fraction of sp³-hybridized carbons (Fsp3) is 0.533. The molecule has 8 heteroatoms. The van der Waals surface area contributed by atoms with Crippen LogP contribution in [0.2, 0.25) is 0 Å². The average Bonchev–Trinajstić information content (AvgIpc) is 3.06. The highest BCUT2D eigenvalue weighted by molar-refractivity contribution is 5.89. The first-order valence-corrected chi connectivity index (χ1v) is 14.0. The molecule has 38 heavy (non-hydrogen) atoms. The maximum absolute atomic E-state index is 13.9. The van der Waals surface area contributed by atoms with Crippen LogP contribution in [0.4, 0.5) is 5.69 Å². The Morgan fingerprint density at radius 2 is 1.74 bits per heavy atom. The molecule has 1 amide bonds. The van der Waals surface area contributed by atoms with Gasteiger partial charge in [0.05, 0.1) is 6.42 Å². The highest BCUT2D eigenvalue weighted by Gasteiger charge is 2.57. The van der Waals surface area contributed by atoms with Crippen LogP contribution >= 0.6 is 0 Å². The smallest absolute Gasteiger partial charge is 0.307 e. The minimum Gasteiger partial charge on any atom is -0.508 e. The fourth-order valence-electron chi connectivity index (χ4n) is 6.29. The van der Waals surface area contributed by atoms with Gasteiger partial charge in [0.2, 0.25) is 5.91 Å². The Kier molecular flexibility index (Phi) is 7.91. The Hall–Kier alpha value is -3.10. The van der Waals surface area contributed by atoms with Gasteiger partial charge in [0, 0.05) is 31.9 Å². The number of amides is 1. The number of aliphatic hydroxyl groups is 1. The maximum Gasteiger partial charge on any atom is 0.307 e. The van der Waals surface area contributed by atoms with Gasteiger partial charge in [-0.15, -0.1) is 0 Å². The van der Waals surface area contributed by atoms with Crippen LogP contribution in [0, 0.1) is 5.92 Å². The second-order valence-corrected chi connectivity index (χ2v) is 11.2. The van der Waals surface area contributed by atoms with Gasteiger partial charge in [-0.25, -0.2) is 4.90 Å². The van der Waals surface area contributed by atoms with Crippen LogP contribution in [0.25, 0.3) is 0 Å². The van der Waals surface area contributed by atoms with Crippen LogP contribution in [0.1, 0.15) is 56.1 Å². The fourth-order valence-corrected chi connectivity index (χ4v) is 6.29. The zero-order chi connectivity index (χ0) is 26.7. The summed E-state index contributed by atoms with van der Waals surface area (Å²) in [5, 5.41) is 30.1. The summed E-state index contributed by atoms with van der Waals surface area (Å²) in [6.07, 6.45) is 6.49. The lowest BCUT2D eigenvalue weighted by atomic mass is 9.83. The molecule has 2 aliphatic heterocycles. The Balaban J connectivity index is 1.27. The van der Waals surface area contributed by atoms with Crippen molar-refractivity contribution in [2.75, 3.05) is 31.1 Å². The molecule has 0 bridgehead atoms. The van der Waals surface area contributed by atoms with E-state index in [0.717, 1.165) is 43.4 Å². The van der Waals surface area contributed by atoms with Crippen LogP contribution in [0.5, 0.6) is 5.75 Å². The van der Waals surface area contributed by atoms with Crippen molar-refractivity contribution >= 4 is 17.6 Å². The van der Waals surface area contributed by atoms with E-state index in [4.69, 9.17) is 5.11 Å². The van der Waals surface area contributed by atoms with E-state index in [1.807, 2.05) is 36.4 Å². The molecule has 5 rings (SSSR count). The van der Waals surface area contributed by atoms with Crippen molar-refractivity contribution in [3.05, 3.63) is 59.7 Å². The predicted molar refractivity (Wildman–Crippen MR) is 145 cm³/mol. The molecule has 1 atom stereocenters. The zero-order valence-corrected chi connectivity index (χ0v) is 22.0. The number of carbonyl (C=O) groups is 2. The number of phenols is 1. The number of aliphatic hydroxyl groups excluding tert-OH is 1. The number of carbonyl (C=O) groups excluding carboxylic acids is 1. The summed E-state index contributed by atoms with van der Waals surface area (Å²) in [7, 11) is 0. The molecule has 3 fully saturated rings. The van der Waals surface area contributed by atoms with E-state index in [9.17, 15) is 19.8 Å². The lowest BCUT2D eigenvalue weighted by Gasteiger charge is -2.43. The van der Waals surface area contributed by atoms with E-state index in [2.05, 4.69) is 9.80 Å². The quantitative estimate of drug-likeness (QED) is 0.411. The second-order valence-electron chi connectivity index (χ2n) is 11.2. The van der Waals surface area contributed by atoms with Gasteiger partial charge in [-0.3, -0.25) is 9.59 Å². The number of carboxylic acids is 1. The molecule has 1 spiro atoms. The highest BCUT2D eigenvalue weighted by Crippen LogP contribution is 2.41. The van der Waals surface area contributed by atoms with Gasteiger partial charge in [-0.05, 0) is 86.3 Å². The molecule has 0 aromatic heterocycles. The first-order valence-electron chi connectivity index (χ1n) is 14.0. The number of unbranched alkanes of at least 4 members (excludes halogenated alkanes) is 1. The largest absolute Gasteiger partial charge is 0.508 e. The predicted octanol–water partition coefficient (Wildman–Crippen LogP) is 3.60. The van der Waals surface area contributed by atoms with Crippen molar-refractivity contribution in [3.8, 4) is 5.75 Å². The molecule has 3 aliphatic rings. The van der Waals surface area contributed by atoms with Crippen molar-refractivity contribution in [2.45, 2.75) is 69.7 Å². The Labute approximate surface area is 224 Å². The Morgan fingerprint density at radius 1 is 1.00 bits per heavy atom. The van der Waals surface area contributed by atoms with Crippen LogP contribution in [-0.2, 0) is 22.4 Å². The topological polar surface area (TPSA) is 105 Å². The average molecular weight is 522 g/mol. The summed E-state index contributed by atoms with van der Waals surface area (Å²) in [6, 6.07) is 14.9. The molecule has 204 valence electrons. The molecule has 8 nitrogen and oxygen atoms in total. The summed E-state index contributed by atoms with van der Waals surface area (Å²) < 4.78 is 0. The molecule has 3 N–H and O–H groups in total. The number of aryl methyl sites for hydroxylation is 1. The number of anilines is 1. The maximum atomic E-state index is 13.9. The SMILES string of the molecule is O=C(O)Cc1cccc(N2CCC3(CC2)C(=O)N(CC2CCC2)[C@@H](O)N3CCCCc2ccc(O)cc2)c1. The van der Waals surface area contributed by atoms with Gasteiger partial charge < -0.3 is 25.1 Å². The number of piperidine rings is 1. The van der Waals surface area contributed by atoms with E-state index in [1.165, 1.54) is 12.0 Å². The number of hydrogen-bond donors (Lipinski definition) is 3. The van der Waals surface area contributed by atoms with E-state index < -0.39 is 17.9 Å². The van der Waals surface area contributed by atoms with Crippen LogP contribution in [0.3, 0.4) is 0 Å². The van der Waals surface area contributed by atoms with Crippen molar-refractivity contribution in [1.82, 2.24) is 9.80 Å². The summed E-state index contributed by atoms with van der Waals surface area (Å²) in [5.41, 5.74) is 2.22. The lowest BCUT2D eigenvalue weighted by molar-refractivity contribution is -0.139. The minimum absolute atomic E-state index is 0.00958. The van der Waals surface area contributed by atoms with E-state index in [0.29, 0.717) is 44.9 Å². The number of carboxylic acid groups (broad SMARTS) is 1. The molecular formula is C30H39N3O5. The van der Waals surface area contributed by atoms with Gasteiger partial charge in [0.25, 0.3) is 0 Å². The first kappa shape index (κ1) is 26.5. The first-order chi connectivity index (χ1) is 18.4. The molecule has 2 heterocycles. The summed E-state index contributed by atoms with van der Waals surface area (Å²) in [6.45, 7) is 2.64. The van der Waals surface area contributed by atoms with Gasteiger partial charge in [-0.1, -0.05) is 30.7 Å². The van der Waals surface area contributed by atoms with E-state index >= 15 is 0 Å². The monoisotopic (exact) mass is 521 g/mol. The third kappa shape index (κ3) is 5.52. The van der Waals surface area contributed by atoms with Crippen LogP contribution in [0.15, 0.2) is 48.5 Å². The highest BCUT2D eigenvalue weighted by atomic mass is 16.4. The molecule has 1 saturated carbocycles. The van der Waals surface area contributed by atoms with Crippen molar-refractivity contribution < 1.29 is 24.9 Å². The summed E-state index contributed by atoms with van der Waals surface area (Å²) in [4.78, 5) is 31.1.